The van der Waals surface area contributed by atoms with E-state index >= 15 is 0 Å². The number of rotatable bonds is 7. The van der Waals surface area contributed by atoms with E-state index in [1.807, 2.05) is 6.92 Å². The molecule has 0 heterocycles. The Kier molecular flexibility index (Phi) is 7.95. The van der Waals surface area contributed by atoms with Crippen LogP contribution in [-0.4, -0.2) is 26.3 Å². The van der Waals surface area contributed by atoms with Gasteiger partial charge in [0.1, 0.15) is 0 Å². The molecular formula is C7H14O3. The number of hydrogen-bond acceptors (Lipinski definition) is 3. The van der Waals surface area contributed by atoms with Crippen molar-refractivity contribution in [3.8, 4) is 0 Å². The van der Waals surface area contributed by atoms with Crippen molar-refractivity contribution in [3.63, 3.8) is 0 Å². The molecule has 0 N–H and O–H groups in total. The molecule has 0 radical (unpaired) electrons. The van der Waals surface area contributed by atoms with E-state index in [0.29, 0.717) is 13.1 Å². The maximum atomic E-state index is 9.64. The fourth-order valence-electron chi connectivity index (χ4n) is 0.582. The number of unbranched alkanes of at least 4 members (excludes halogenated alkanes) is 1. The molecular weight excluding hydrogens is 132 g/mol. The number of carbonyl (C=O) groups excluding carboxylic acids is 1. The van der Waals surface area contributed by atoms with Crippen molar-refractivity contribution < 1.29 is 14.3 Å². The summed E-state index contributed by atoms with van der Waals surface area (Å²) in [5.74, 6) is 0. The van der Waals surface area contributed by atoms with Crippen molar-refractivity contribution in [1.82, 2.24) is 0 Å². The summed E-state index contributed by atoms with van der Waals surface area (Å²) in [4.78, 5) is 9.64. The van der Waals surface area contributed by atoms with Crippen LogP contribution in [0.5, 0.6) is 0 Å². The van der Waals surface area contributed by atoms with E-state index in [1.54, 1.807) is 0 Å². The van der Waals surface area contributed by atoms with Gasteiger partial charge in [0.25, 0.3) is 6.47 Å². The molecule has 0 amide bonds. The van der Waals surface area contributed by atoms with E-state index in [1.165, 1.54) is 0 Å². The van der Waals surface area contributed by atoms with E-state index in [9.17, 15) is 4.79 Å². The molecule has 0 atom stereocenters. The second-order valence-corrected chi connectivity index (χ2v) is 1.87. The van der Waals surface area contributed by atoms with Crippen molar-refractivity contribution >= 4 is 6.47 Å². The third-order valence-corrected chi connectivity index (χ3v) is 1.07. The lowest BCUT2D eigenvalue weighted by Gasteiger charge is -1.99. The average Bonchev–Trinajstić information content (AvgIpc) is 1.97. The predicted octanol–water partition coefficient (Wildman–Crippen LogP) is 0.976. The second-order valence-electron chi connectivity index (χ2n) is 1.87. The molecule has 3 heteroatoms. The Morgan fingerprint density at radius 3 is 2.60 bits per heavy atom. The van der Waals surface area contributed by atoms with Crippen molar-refractivity contribution in [2.24, 2.45) is 0 Å². The third kappa shape index (κ3) is 7.43. The summed E-state index contributed by atoms with van der Waals surface area (Å²) >= 11 is 0. The van der Waals surface area contributed by atoms with Crippen LogP contribution in [0.15, 0.2) is 0 Å². The Balaban J connectivity index is 2.70. The van der Waals surface area contributed by atoms with Crippen LogP contribution >= 0.6 is 0 Å². The lowest BCUT2D eigenvalue weighted by molar-refractivity contribution is -0.128. The molecule has 0 saturated heterocycles. The standard InChI is InChI=1S/C7H14O3/c1-2-9-5-3-4-6-10-7-8/h7H,2-6H2,1H3. The zero-order valence-electron chi connectivity index (χ0n) is 6.34. The summed E-state index contributed by atoms with van der Waals surface area (Å²) < 4.78 is 9.55. The highest BCUT2D eigenvalue weighted by atomic mass is 16.5. The van der Waals surface area contributed by atoms with Crippen molar-refractivity contribution in [2.75, 3.05) is 19.8 Å². The maximum absolute atomic E-state index is 9.64. The van der Waals surface area contributed by atoms with Crippen molar-refractivity contribution in [1.29, 1.82) is 0 Å². The zero-order valence-corrected chi connectivity index (χ0v) is 6.34. The maximum Gasteiger partial charge on any atom is 0.293 e. The second kappa shape index (κ2) is 8.43. The van der Waals surface area contributed by atoms with Crippen LogP contribution in [0, 0.1) is 0 Å². The molecule has 0 bridgehead atoms. The molecule has 0 unspecified atom stereocenters. The first-order valence-corrected chi connectivity index (χ1v) is 3.54. The highest BCUT2D eigenvalue weighted by Gasteiger charge is 1.87. The van der Waals surface area contributed by atoms with Gasteiger partial charge in [0, 0.05) is 13.2 Å². The van der Waals surface area contributed by atoms with Crippen molar-refractivity contribution in [2.45, 2.75) is 19.8 Å². The van der Waals surface area contributed by atoms with E-state index in [-0.39, 0.29) is 0 Å². The Bertz CT molecular complexity index is 73.3. The fourth-order valence-corrected chi connectivity index (χ4v) is 0.582. The van der Waals surface area contributed by atoms with Gasteiger partial charge in [-0.1, -0.05) is 0 Å². The van der Waals surface area contributed by atoms with Crippen molar-refractivity contribution in [3.05, 3.63) is 0 Å². The number of hydrogen-bond donors (Lipinski definition) is 0. The molecule has 0 aliphatic rings. The van der Waals surface area contributed by atoms with Gasteiger partial charge in [-0.15, -0.1) is 0 Å². The number of carbonyl (C=O) groups is 1. The summed E-state index contributed by atoms with van der Waals surface area (Å²) in [7, 11) is 0. The molecule has 0 aromatic rings. The normalized spacial score (nSPS) is 9.30. The largest absolute Gasteiger partial charge is 0.468 e. The van der Waals surface area contributed by atoms with Crippen LogP contribution in [0.2, 0.25) is 0 Å². The van der Waals surface area contributed by atoms with E-state index in [0.717, 1.165) is 26.1 Å². The average molecular weight is 146 g/mol. The van der Waals surface area contributed by atoms with E-state index in [4.69, 9.17) is 4.74 Å². The summed E-state index contributed by atoms with van der Waals surface area (Å²) in [6, 6.07) is 0. The van der Waals surface area contributed by atoms with Gasteiger partial charge in [0.15, 0.2) is 0 Å². The molecule has 0 rings (SSSR count). The van der Waals surface area contributed by atoms with Gasteiger partial charge < -0.3 is 9.47 Å². The Labute approximate surface area is 61.3 Å². The van der Waals surface area contributed by atoms with E-state index in [2.05, 4.69) is 4.74 Å². The van der Waals surface area contributed by atoms with Crippen LogP contribution < -0.4 is 0 Å². The van der Waals surface area contributed by atoms with Gasteiger partial charge in [-0.25, -0.2) is 0 Å². The van der Waals surface area contributed by atoms with Crippen LogP contribution in [-0.2, 0) is 14.3 Å². The molecule has 0 saturated carbocycles. The van der Waals surface area contributed by atoms with Crippen LogP contribution in [0.3, 0.4) is 0 Å². The summed E-state index contributed by atoms with van der Waals surface area (Å²) in [6.45, 7) is 4.46. The molecule has 0 aromatic carbocycles. The van der Waals surface area contributed by atoms with Crippen LogP contribution in [0.25, 0.3) is 0 Å². The lowest BCUT2D eigenvalue weighted by atomic mass is 10.3. The summed E-state index contributed by atoms with van der Waals surface area (Å²) in [6.07, 6.45) is 1.85. The third-order valence-electron chi connectivity index (χ3n) is 1.07. The monoisotopic (exact) mass is 146 g/mol. The SMILES string of the molecule is CCOCCCCOC=O. The summed E-state index contributed by atoms with van der Waals surface area (Å²) in [5.41, 5.74) is 0. The minimum absolute atomic E-state index is 0.473. The first-order valence-electron chi connectivity index (χ1n) is 3.54. The minimum atomic E-state index is 0.473. The molecule has 0 spiro atoms. The fraction of sp³-hybridized carbons (Fsp3) is 0.857. The predicted molar refractivity (Wildman–Crippen MR) is 37.7 cm³/mol. The van der Waals surface area contributed by atoms with Gasteiger partial charge in [0.05, 0.1) is 6.61 Å². The topological polar surface area (TPSA) is 35.5 Å². The van der Waals surface area contributed by atoms with Gasteiger partial charge in [0.2, 0.25) is 0 Å². The highest BCUT2D eigenvalue weighted by molar-refractivity contribution is 5.36. The molecule has 0 fully saturated rings. The summed E-state index contributed by atoms with van der Waals surface area (Å²) in [5, 5.41) is 0. The smallest absolute Gasteiger partial charge is 0.293 e. The van der Waals surface area contributed by atoms with Gasteiger partial charge in [-0.05, 0) is 19.8 Å². The van der Waals surface area contributed by atoms with Crippen LogP contribution in [0.1, 0.15) is 19.8 Å². The highest BCUT2D eigenvalue weighted by Crippen LogP contribution is 1.89. The first kappa shape index (κ1) is 9.43. The van der Waals surface area contributed by atoms with E-state index < -0.39 is 0 Å². The molecule has 3 nitrogen and oxygen atoms in total. The minimum Gasteiger partial charge on any atom is -0.468 e. The molecule has 10 heavy (non-hydrogen) atoms. The molecule has 0 aliphatic carbocycles. The van der Waals surface area contributed by atoms with Gasteiger partial charge in [-0.2, -0.15) is 0 Å². The first-order chi connectivity index (χ1) is 4.91. The molecule has 0 aliphatic heterocycles. The molecule has 0 aromatic heterocycles. The molecule has 60 valence electrons. The quantitative estimate of drug-likeness (QED) is 0.396. The number of ether oxygens (including phenoxy) is 2. The van der Waals surface area contributed by atoms with Gasteiger partial charge in [-0.3, -0.25) is 4.79 Å². The zero-order chi connectivity index (χ0) is 7.66. The Morgan fingerprint density at radius 2 is 2.00 bits per heavy atom. The Hall–Kier alpha value is -0.570. The van der Waals surface area contributed by atoms with Gasteiger partial charge >= 0.3 is 0 Å². The van der Waals surface area contributed by atoms with Crippen LogP contribution in [0.4, 0.5) is 0 Å². The lowest BCUT2D eigenvalue weighted by Crippen LogP contribution is -1.97. The Morgan fingerprint density at radius 1 is 1.30 bits per heavy atom.